The quantitative estimate of drug-likeness (QED) is 0.175. The maximum atomic E-state index is 4.03. The maximum absolute atomic E-state index is 4.03. The fourth-order valence-electron chi connectivity index (χ4n) is 11.4. The molecule has 0 saturated heterocycles. The van der Waals surface area contributed by atoms with Crippen molar-refractivity contribution in [3.05, 3.63) is 138 Å². The molecule has 7 aromatic carbocycles. The largest absolute Gasteiger partial charge is 0.355 e. The number of benzene rings is 7. The summed E-state index contributed by atoms with van der Waals surface area (Å²) in [5.41, 5.74) is 16.1. The smallest absolute Gasteiger partial charge is 0.211 e. The number of thiophene rings is 3. The third-order valence-corrected chi connectivity index (χ3v) is 18.8. The van der Waals surface area contributed by atoms with Crippen LogP contribution in [0, 0.1) is 0 Å². The summed E-state index contributed by atoms with van der Waals surface area (Å²) in [6, 6.07) is 45.2. The van der Waals surface area contributed by atoms with Gasteiger partial charge < -0.3 is 9.88 Å². The lowest BCUT2D eigenvalue weighted by molar-refractivity contribution is 0.332. The van der Waals surface area contributed by atoms with Crippen LogP contribution in [-0.4, -0.2) is 11.8 Å². The van der Waals surface area contributed by atoms with E-state index in [1.54, 1.807) is 0 Å². The van der Waals surface area contributed by atoms with Gasteiger partial charge in [-0.3, -0.25) is 0 Å². The molecule has 4 aromatic heterocycles. The van der Waals surface area contributed by atoms with Gasteiger partial charge in [-0.25, -0.2) is 0 Å². The standard InChI is InChI=1S/C60H54BN2S3/c1-57(2,3)32-15-18-34(19-16-32)62-46-27-41-40-26-44-45(60(9,10)24-23-59(44,7)8)31-52(40)65-50(41)29-38(46)36-20-21-37-39-30-51-42(35-13-11-12-14-48(35)64-51)28-47(39)63-54(37)53(36)61-56-55(63)43-25-33(58(4,5)6)17-22-49(43)66-56/h11-22,25-31,62H,23-24H2,1-10H3. The van der Waals surface area contributed by atoms with Crippen LogP contribution in [0.25, 0.3) is 89.1 Å². The molecule has 0 atom stereocenters. The Balaban J connectivity index is 1.10. The molecule has 2 nitrogen and oxygen atoms in total. The highest BCUT2D eigenvalue weighted by Gasteiger charge is 2.38. The first kappa shape index (κ1) is 40.8. The predicted octanol–water partition coefficient (Wildman–Crippen LogP) is 17.1. The molecule has 1 radical (unpaired) electrons. The van der Waals surface area contributed by atoms with Crippen LogP contribution in [0.15, 0.2) is 115 Å². The van der Waals surface area contributed by atoms with Crippen LogP contribution in [-0.2, 0) is 21.7 Å². The van der Waals surface area contributed by atoms with E-state index in [4.69, 9.17) is 0 Å². The number of fused-ring (bicyclic) bond motifs is 14. The zero-order valence-electron chi connectivity index (χ0n) is 39.6. The van der Waals surface area contributed by atoms with Crippen LogP contribution in [0.2, 0.25) is 0 Å². The summed E-state index contributed by atoms with van der Waals surface area (Å²) in [7, 11) is 2.53. The lowest BCUT2D eigenvalue weighted by Gasteiger charge is -2.41. The van der Waals surface area contributed by atoms with Gasteiger partial charge in [0.15, 0.2) is 0 Å². The first-order chi connectivity index (χ1) is 31.4. The van der Waals surface area contributed by atoms with Gasteiger partial charge in [-0.15, -0.1) is 34.0 Å². The Morgan fingerprint density at radius 3 is 1.91 bits per heavy atom. The van der Waals surface area contributed by atoms with Gasteiger partial charge in [0.2, 0.25) is 7.28 Å². The van der Waals surface area contributed by atoms with Crippen molar-refractivity contribution in [2.24, 2.45) is 0 Å². The molecule has 0 spiro atoms. The van der Waals surface area contributed by atoms with Crippen molar-refractivity contribution in [1.29, 1.82) is 0 Å². The van der Waals surface area contributed by atoms with E-state index in [2.05, 4.69) is 202 Å². The molecule has 1 N–H and O–H groups in total. The summed E-state index contributed by atoms with van der Waals surface area (Å²) >= 11 is 5.80. The van der Waals surface area contributed by atoms with Crippen molar-refractivity contribution >= 4 is 135 Å². The predicted molar refractivity (Wildman–Crippen MR) is 295 cm³/mol. The molecule has 13 rings (SSSR count). The molecule has 1 aliphatic carbocycles. The minimum Gasteiger partial charge on any atom is -0.355 e. The lowest BCUT2D eigenvalue weighted by Crippen LogP contribution is -2.35. The Labute approximate surface area is 400 Å². The Hall–Kier alpha value is -5.40. The van der Waals surface area contributed by atoms with E-state index in [1.165, 1.54) is 134 Å². The lowest BCUT2D eigenvalue weighted by atomic mass is 9.63. The molecular formula is C60H54BN2S3. The van der Waals surface area contributed by atoms with Gasteiger partial charge in [0, 0.05) is 83.7 Å². The van der Waals surface area contributed by atoms with E-state index in [9.17, 15) is 0 Å². The zero-order valence-corrected chi connectivity index (χ0v) is 42.1. The average Bonchev–Trinajstić information content (AvgIpc) is 4.02. The van der Waals surface area contributed by atoms with E-state index in [0.717, 1.165) is 11.4 Å². The third kappa shape index (κ3) is 5.96. The van der Waals surface area contributed by atoms with Crippen molar-refractivity contribution in [2.45, 2.75) is 104 Å². The Bertz CT molecular complexity index is 3890. The number of nitrogens with zero attached hydrogens (tertiary/aromatic N) is 1. The normalized spacial score (nSPS) is 15.7. The summed E-state index contributed by atoms with van der Waals surface area (Å²) in [6.45, 7) is 23.6. The number of anilines is 2. The fraction of sp³-hybridized carbons (Fsp3) is 0.267. The van der Waals surface area contributed by atoms with Crippen molar-refractivity contribution in [3.8, 4) is 16.8 Å². The summed E-state index contributed by atoms with van der Waals surface area (Å²) in [5.74, 6) is 0. The van der Waals surface area contributed by atoms with Crippen LogP contribution in [0.4, 0.5) is 11.4 Å². The van der Waals surface area contributed by atoms with Gasteiger partial charge in [-0.05, 0) is 139 Å². The van der Waals surface area contributed by atoms with Crippen molar-refractivity contribution < 1.29 is 0 Å². The van der Waals surface area contributed by atoms with Crippen molar-refractivity contribution in [3.63, 3.8) is 0 Å². The van der Waals surface area contributed by atoms with E-state index in [-0.39, 0.29) is 21.7 Å². The van der Waals surface area contributed by atoms with Crippen molar-refractivity contribution in [1.82, 2.24) is 4.57 Å². The van der Waals surface area contributed by atoms with Gasteiger partial charge in [0.25, 0.3) is 0 Å². The topological polar surface area (TPSA) is 17.0 Å². The van der Waals surface area contributed by atoms with E-state index in [0.29, 0.717) is 0 Å². The first-order valence-electron chi connectivity index (χ1n) is 23.7. The molecule has 5 heterocycles. The van der Waals surface area contributed by atoms with E-state index < -0.39 is 0 Å². The molecule has 0 bridgehead atoms. The highest BCUT2D eigenvalue weighted by Crippen LogP contribution is 2.51. The third-order valence-electron chi connectivity index (χ3n) is 15.4. The van der Waals surface area contributed by atoms with Crippen LogP contribution in [0.5, 0.6) is 0 Å². The molecule has 0 fully saturated rings. The summed E-state index contributed by atoms with van der Waals surface area (Å²) < 4.78 is 10.7. The molecule has 0 amide bonds. The van der Waals surface area contributed by atoms with Gasteiger partial charge in [0.05, 0.1) is 11.2 Å². The molecule has 2 aliphatic rings. The monoisotopic (exact) mass is 909 g/mol. The second-order valence-electron chi connectivity index (χ2n) is 22.8. The minimum absolute atomic E-state index is 0.0374. The fourth-order valence-corrected chi connectivity index (χ4v) is 14.8. The molecular weight excluding hydrogens is 856 g/mol. The summed E-state index contributed by atoms with van der Waals surface area (Å²) in [4.78, 5) is 0. The molecule has 325 valence electrons. The molecule has 66 heavy (non-hydrogen) atoms. The SMILES string of the molecule is CC(C)(C)c1ccc(Nc2cc3c(cc2-c2ccc4c5cc6sc7ccccc7c6cc5n5c4c2[B]c2sc4ccc(C(C)(C)C)cc4c2-5)sc2cc4c(cc23)C(C)(C)CCC4(C)C)cc1. The van der Waals surface area contributed by atoms with Gasteiger partial charge in [-0.1, -0.05) is 118 Å². The molecule has 11 aromatic rings. The number of hydrogen-bond acceptors (Lipinski definition) is 4. The van der Waals surface area contributed by atoms with Crippen LogP contribution < -0.4 is 15.6 Å². The van der Waals surface area contributed by atoms with Gasteiger partial charge >= 0.3 is 0 Å². The first-order valence-corrected chi connectivity index (χ1v) is 26.1. The Morgan fingerprint density at radius 1 is 0.515 bits per heavy atom. The summed E-state index contributed by atoms with van der Waals surface area (Å²) in [6.07, 6.45) is 2.41. The Kier molecular flexibility index (Phi) is 8.43. The van der Waals surface area contributed by atoms with Gasteiger partial charge in [-0.2, -0.15) is 0 Å². The van der Waals surface area contributed by atoms with Gasteiger partial charge in [0.1, 0.15) is 0 Å². The minimum atomic E-state index is 0.0374. The van der Waals surface area contributed by atoms with E-state index in [1.807, 2.05) is 34.0 Å². The average molecular weight is 910 g/mol. The second kappa shape index (κ2) is 13.6. The highest BCUT2D eigenvalue weighted by atomic mass is 32.1. The zero-order chi connectivity index (χ0) is 45.4. The van der Waals surface area contributed by atoms with Crippen LogP contribution in [0.3, 0.4) is 0 Å². The second-order valence-corrected chi connectivity index (χ2v) is 26.0. The number of rotatable bonds is 3. The van der Waals surface area contributed by atoms with Crippen molar-refractivity contribution in [2.75, 3.05) is 5.32 Å². The maximum Gasteiger partial charge on any atom is 0.211 e. The summed E-state index contributed by atoms with van der Waals surface area (Å²) in [5, 5.41) is 13.4. The Morgan fingerprint density at radius 2 is 1.15 bits per heavy atom. The number of hydrogen-bond donors (Lipinski definition) is 1. The molecule has 6 heteroatoms. The number of aromatic nitrogens is 1. The molecule has 0 unspecified atom stereocenters. The van der Waals surface area contributed by atoms with E-state index >= 15 is 0 Å². The van der Waals surface area contributed by atoms with Crippen LogP contribution in [0.1, 0.15) is 104 Å². The molecule has 0 saturated carbocycles. The number of nitrogens with one attached hydrogen (secondary N) is 1. The highest BCUT2D eigenvalue weighted by molar-refractivity contribution is 7.29. The molecule has 1 aliphatic heterocycles. The van der Waals surface area contributed by atoms with Crippen LogP contribution >= 0.6 is 34.0 Å².